The highest BCUT2D eigenvalue weighted by Gasteiger charge is 2.59. The second-order valence-electron chi connectivity index (χ2n) is 15.0. The van der Waals surface area contributed by atoms with E-state index < -0.39 is 40.5 Å². The van der Waals surface area contributed by atoms with E-state index in [1.54, 1.807) is 0 Å². The van der Waals surface area contributed by atoms with Crippen LogP contribution in [-0.2, 0) is 20.8 Å². The van der Waals surface area contributed by atoms with Crippen LogP contribution >= 0.6 is 0 Å². The van der Waals surface area contributed by atoms with Gasteiger partial charge in [-0.25, -0.2) is 0 Å². The van der Waals surface area contributed by atoms with Crippen LogP contribution < -0.4 is 10.6 Å². The fourth-order valence-corrected chi connectivity index (χ4v) is 7.03. The standard InChI is InChI=1S/C43H52N2O4/c1-27(2)37(42(48,33-17-9-29(5)10-18-33)34-19-11-30(6)12-20-34)44-39(46)41(25-26-41)40(47)45-38(28(3)4)43(49,35-21-13-31(7)14-22-35)36-23-15-32(8)16-24-36/h9-24,27-28,37-38,48-49H,25-26H2,1-8H3,(H,44,46)(H,45,47)/t37-,38-/m1/s1. The van der Waals surface area contributed by atoms with Gasteiger partial charge in [-0.05, 0) is 74.6 Å². The van der Waals surface area contributed by atoms with E-state index in [1.165, 1.54) is 0 Å². The van der Waals surface area contributed by atoms with Crippen molar-refractivity contribution >= 4 is 11.8 Å². The van der Waals surface area contributed by atoms with Gasteiger partial charge in [0.1, 0.15) is 16.6 Å². The summed E-state index contributed by atoms with van der Waals surface area (Å²) < 4.78 is 0. The van der Waals surface area contributed by atoms with Crippen LogP contribution in [0.3, 0.4) is 0 Å². The summed E-state index contributed by atoms with van der Waals surface area (Å²) in [7, 11) is 0. The molecule has 258 valence electrons. The Labute approximate surface area is 292 Å². The van der Waals surface area contributed by atoms with Crippen LogP contribution in [0.1, 0.15) is 85.0 Å². The number of benzene rings is 4. The lowest BCUT2D eigenvalue weighted by atomic mass is 9.75. The first-order chi connectivity index (χ1) is 23.1. The van der Waals surface area contributed by atoms with Crippen molar-refractivity contribution in [3.8, 4) is 0 Å². The third-order valence-corrected chi connectivity index (χ3v) is 10.4. The molecule has 1 saturated carbocycles. The van der Waals surface area contributed by atoms with E-state index in [4.69, 9.17) is 0 Å². The average molecular weight is 661 g/mol. The molecule has 1 aliphatic rings. The number of aliphatic hydroxyl groups is 2. The molecule has 2 atom stereocenters. The lowest BCUT2D eigenvalue weighted by Gasteiger charge is -2.42. The highest BCUT2D eigenvalue weighted by Crippen LogP contribution is 2.48. The zero-order chi connectivity index (χ0) is 35.7. The smallest absolute Gasteiger partial charge is 0.236 e. The predicted molar refractivity (Wildman–Crippen MR) is 196 cm³/mol. The number of hydrogen-bond donors (Lipinski definition) is 4. The van der Waals surface area contributed by atoms with Crippen LogP contribution in [0.4, 0.5) is 0 Å². The molecule has 6 heteroatoms. The Bertz CT molecular complexity index is 1530. The highest BCUT2D eigenvalue weighted by molar-refractivity contribution is 6.08. The maximum atomic E-state index is 14.4. The Morgan fingerprint density at radius 3 is 0.918 bits per heavy atom. The number of nitrogens with one attached hydrogen (secondary N) is 2. The average Bonchev–Trinajstić information content (AvgIpc) is 3.89. The fourth-order valence-electron chi connectivity index (χ4n) is 7.03. The molecule has 1 aliphatic carbocycles. The van der Waals surface area contributed by atoms with Crippen LogP contribution in [0, 0.1) is 44.9 Å². The van der Waals surface area contributed by atoms with Gasteiger partial charge in [0.15, 0.2) is 0 Å². The van der Waals surface area contributed by atoms with Gasteiger partial charge in [0.25, 0.3) is 0 Å². The zero-order valence-corrected chi connectivity index (χ0v) is 30.2. The molecule has 0 saturated heterocycles. The minimum absolute atomic E-state index is 0.188. The summed E-state index contributed by atoms with van der Waals surface area (Å²) in [6, 6.07) is 29.4. The molecule has 0 unspecified atom stereocenters. The molecular weight excluding hydrogens is 608 g/mol. The molecule has 0 spiro atoms. The lowest BCUT2D eigenvalue weighted by molar-refractivity contribution is -0.141. The first kappa shape index (κ1) is 36.0. The Morgan fingerprint density at radius 2 is 0.735 bits per heavy atom. The topological polar surface area (TPSA) is 98.7 Å². The monoisotopic (exact) mass is 660 g/mol. The molecule has 0 aromatic heterocycles. The second-order valence-corrected chi connectivity index (χ2v) is 15.0. The van der Waals surface area contributed by atoms with Crippen LogP contribution in [0.25, 0.3) is 0 Å². The van der Waals surface area contributed by atoms with E-state index in [2.05, 4.69) is 10.6 Å². The third kappa shape index (κ3) is 6.95. The van der Waals surface area contributed by atoms with Gasteiger partial charge >= 0.3 is 0 Å². The van der Waals surface area contributed by atoms with Gasteiger partial charge in [0.2, 0.25) is 11.8 Å². The highest BCUT2D eigenvalue weighted by atomic mass is 16.3. The maximum Gasteiger partial charge on any atom is 0.236 e. The maximum absolute atomic E-state index is 14.4. The number of amides is 2. The molecule has 5 rings (SSSR count). The summed E-state index contributed by atoms with van der Waals surface area (Å²) in [5.41, 5.74) is 2.46. The van der Waals surface area contributed by atoms with Crippen LogP contribution in [0.2, 0.25) is 0 Å². The molecule has 0 radical (unpaired) electrons. The number of aryl methyl sites for hydroxylation is 4. The number of carbonyl (C=O) groups excluding carboxylic acids is 2. The first-order valence-electron chi connectivity index (χ1n) is 17.5. The summed E-state index contributed by atoms with van der Waals surface area (Å²) in [6.45, 7) is 15.9. The molecule has 6 nitrogen and oxygen atoms in total. The fraction of sp³-hybridized carbons (Fsp3) is 0.395. The van der Waals surface area contributed by atoms with Crippen molar-refractivity contribution in [3.05, 3.63) is 142 Å². The van der Waals surface area contributed by atoms with Gasteiger partial charge in [-0.2, -0.15) is 0 Å². The van der Waals surface area contributed by atoms with Crippen molar-refractivity contribution in [2.24, 2.45) is 17.3 Å². The summed E-state index contributed by atoms with van der Waals surface area (Å²) in [4.78, 5) is 28.7. The quantitative estimate of drug-likeness (QED) is 0.121. The minimum Gasteiger partial charge on any atom is -0.378 e. The largest absolute Gasteiger partial charge is 0.378 e. The van der Waals surface area contributed by atoms with E-state index in [1.807, 2.05) is 152 Å². The van der Waals surface area contributed by atoms with Crippen molar-refractivity contribution in [1.82, 2.24) is 10.6 Å². The van der Waals surface area contributed by atoms with Crippen molar-refractivity contribution in [2.75, 3.05) is 0 Å². The number of hydrogen-bond acceptors (Lipinski definition) is 4. The van der Waals surface area contributed by atoms with Gasteiger partial charge in [-0.3, -0.25) is 9.59 Å². The number of carbonyl (C=O) groups is 2. The molecule has 2 amide bonds. The van der Waals surface area contributed by atoms with Gasteiger partial charge < -0.3 is 20.8 Å². The van der Waals surface area contributed by atoms with E-state index in [9.17, 15) is 19.8 Å². The van der Waals surface area contributed by atoms with E-state index >= 15 is 0 Å². The molecule has 4 N–H and O–H groups in total. The Kier molecular flexibility index (Phi) is 10.2. The second kappa shape index (κ2) is 13.9. The summed E-state index contributed by atoms with van der Waals surface area (Å²) in [6.07, 6.45) is 0.753. The van der Waals surface area contributed by atoms with Crippen molar-refractivity contribution < 1.29 is 19.8 Å². The minimum atomic E-state index is -1.56. The molecule has 4 aromatic rings. The molecule has 1 fully saturated rings. The van der Waals surface area contributed by atoms with Crippen molar-refractivity contribution in [2.45, 2.75) is 91.5 Å². The van der Waals surface area contributed by atoms with Gasteiger partial charge in [-0.1, -0.05) is 147 Å². The normalized spacial score (nSPS) is 15.5. The molecule has 0 bridgehead atoms. The van der Waals surface area contributed by atoms with Gasteiger partial charge in [0, 0.05) is 0 Å². The molecule has 49 heavy (non-hydrogen) atoms. The Hall–Kier alpha value is -4.26. The lowest BCUT2D eigenvalue weighted by Crippen LogP contribution is -2.60. The Balaban J connectivity index is 1.49. The number of rotatable bonds is 12. The van der Waals surface area contributed by atoms with Crippen LogP contribution in [0.15, 0.2) is 97.1 Å². The molecule has 0 aliphatic heterocycles. The van der Waals surface area contributed by atoms with Crippen LogP contribution in [0.5, 0.6) is 0 Å². The summed E-state index contributed by atoms with van der Waals surface area (Å²) in [5.74, 6) is -1.21. The van der Waals surface area contributed by atoms with Crippen molar-refractivity contribution in [1.29, 1.82) is 0 Å². The van der Waals surface area contributed by atoms with E-state index in [-0.39, 0.29) is 11.8 Å². The summed E-state index contributed by atoms with van der Waals surface area (Å²) >= 11 is 0. The van der Waals surface area contributed by atoms with Crippen molar-refractivity contribution in [3.63, 3.8) is 0 Å². The molecular formula is C43H52N2O4. The third-order valence-electron chi connectivity index (χ3n) is 10.4. The first-order valence-corrected chi connectivity index (χ1v) is 17.5. The van der Waals surface area contributed by atoms with E-state index in [0.717, 1.165) is 22.3 Å². The van der Waals surface area contributed by atoms with E-state index in [0.29, 0.717) is 35.1 Å². The SMILES string of the molecule is Cc1ccc(C(O)(c2ccc(C)cc2)[C@H](NC(=O)C2(C(=O)N[C@H](C(C)C)C(O)(c3ccc(C)cc3)c3ccc(C)cc3)CC2)C(C)C)cc1. The Morgan fingerprint density at radius 1 is 0.510 bits per heavy atom. The van der Waals surface area contributed by atoms with Gasteiger partial charge in [0.05, 0.1) is 12.1 Å². The molecule has 0 heterocycles. The summed E-state index contributed by atoms with van der Waals surface area (Å²) in [5, 5.41) is 31.8. The van der Waals surface area contributed by atoms with Gasteiger partial charge in [-0.15, -0.1) is 0 Å². The molecule has 4 aromatic carbocycles. The predicted octanol–water partition coefficient (Wildman–Crippen LogP) is 7.15. The zero-order valence-electron chi connectivity index (χ0n) is 30.2. The van der Waals surface area contributed by atoms with Crippen LogP contribution in [-0.4, -0.2) is 34.1 Å².